The van der Waals surface area contributed by atoms with Crippen LogP contribution in [0.3, 0.4) is 0 Å². The summed E-state index contributed by atoms with van der Waals surface area (Å²) in [5, 5.41) is 2.81. The van der Waals surface area contributed by atoms with Gasteiger partial charge in [-0.2, -0.15) is 0 Å². The zero-order valence-corrected chi connectivity index (χ0v) is 16.3. The number of carbonyl (C=O) groups is 3. The van der Waals surface area contributed by atoms with Crippen LogP contribution in [-0.4, -0.2) is 53.7 Å². The van der Waals surface area contributed by atoms with Crippen LogP contribution in [-0.2, 0) is 14.4 Å². The second-order valence-electron chi connectivity index (χ2n) is 7.35. The summed E-state index contributed by atoms with van der Waals surface area (Å²) in [6.45, 7) is 3.41. The van der Waals surface area contributed by atoms with Crippen LogP contribution in [0.4, 0.5) is 0 Å². The van der Waals surface area contributed by atoms with Gasteiger partial charge in [0.05, 0.1) is 18.4 Å². The van der Waals surface area contributed by atoms with Gasteiger partial charge >= 0.3 is 0 Å². The molecule has 3 amide bonds. The molecule has 28 heavy (non-hydrogen) atoms. The first-order chi connectivity index (χ1) is 13.5. The van der Waals surface area contributed by atoms with E-state index in [0.717, 1.165) is 24.0 Å². The van der Waals surface area contributed by atoms with E-state index in [2.05, 4.69) is 5.32 Å². The number of nitrogens with zero attached hydrogens (tertiary/aromatic N) is 2. The minimum Gasteiger partial charge on any atom is -0.355 e. The molecule has 2 atom stereocenters. The number of amides is 3. The lowest BCUT2D eigenvalue weighted by atomic mass is 9.92. The van der Waals surface area contributed by atoms with Crippen LogP contribution in [0.25, 0.3) is 6.08 Å². The van der Waals surface area contributed by atoms with Gasteiger partial charge in [0.2, 0.25) is 17.7 Å². The highest BCUT2D eigenvalue weighted by molar-refractivity contribution is 5.83. The zero-order valence-electron chi connectivity index (χ0n) is 16.3. The molecule has 0 aliphatic carbocycles. The molecule has 0 spiro atoms. The predicted molar refractivity (Wildman–Crippen MR) is 107 cm³/mol. The van der Waals surface area contributed by atoms with Gasteiger partial charge in [0.25, 0.3) is 0 Å². The Hall–Kier alpha value is -2.67. The number of fused-ring (bicyclic) bond motifs is 1. The topological polar surface area (TPSA) is 95.7 Å². The van der Waals surface area contributed by atoms with Crippen molar-refractivity contribution in [1.29, 1.82) is 0 Å². The smallest absolute Gasteiger partial charge is 0.225 e. The van der Waals surface area contributed by atoms with E-state index >= 15 is 0 Å². The van der Waals surface area contributed by atoms with Gasteiger partial charge in [0, 0.05) is 39.3 Å². The summed E-state index contributed by atoms with van der Waals surface area (Å²) >= 11 is 0. The SMILES string of the molecule is CC(=O)N1C=Cc2ccccc2C1CC(=O)N1CCCC(C(=O)NCCN)C1. The van der Waals surface area contributed by atoms with E-state index in [0.29, 0.717) is 26.2 Å². The monoisotopic (exact) mass is 384 g/mol. The lowest BCUT2D eigenvalue weighted by Gasteiger charge is -2.36. The van der Waals surface area contributed by atoms with Gasteiger partial charge in [-0.3, -0.25) is 14.4 Å². The van der Waals surface area contributed by atoms with E-state index in [4.69, 9.17) is 5.73 Å². The third-order valence-corrected chi connectivity index (χ3v) is 5.43. The lowest BCUT2D eigenvalue weighted by Crippen LogP contribution is -2.47. The highest BCUT2D eigenvalue weighted by Gasteiger charge is 2.33. The maximum absolute atomic E-state index is 13.0. The van der Waals surface area contributed by atoms with Gasteiger partial charge in [-0.15, -0.1) is 0 Å². The van der Waals surface area contributed by atoms with Crippen LogP contribution in [0.2, 0.25) is 0 Å². The molecule has 7 heteroatoms. The molecule has 0 saturated carbocycles. The first-order valence-electron chi connectivity index (χ1n) is 9.83. The average Bonchev–Trinajstić information content (AvgIpc) is 2.72. The standard InChI is InChI=1S/C21H28N4O3/c1-15(26)25-12-8-16-5-2-3-7-18(16)19(25)13-20(27)24-11-4-6-17(14-24)21(28)23-10-9-22/h2-3,5,7-8,12,17,19H,4,6,9-11,13-14,22H2,1H3,(H,23,28). The molecule has 2 aliphatic rings. The van der Waals surface area contributed by atoms with E-state index in [1.165, 1.54) is 6.92 Å². The van der Waals surface area contributed by atoms with Crippen molar-refractivity contribution in [2.75, 3.05) is 26.2 Å². The van der Waals surface area contributed by atoms with Gasteiger partial charge in [-0.1, -0.05) is 24.3 Å². The van der Waals surface area contributed by atoms with Crippen molar-refractivity contribution in [3.63, 3.8) is 0 Å². The molecule has 1 aromatic carbocycles. The third kappa shape index (κ3) is 4.42. The number of nitrogens with one attached hydrogen (secondary N) is 1. The quantitative estimate of drug-likeness (QED) is 0.799. The second kappa shape index (κ2) is 9.01. The van der Waals surface area contributed by atoms with Gasteiger partial charge < -0.3 is 20.9 Å². The maximum Gasteiger partial charge on any atom is 0.225 e. The van der Waals surface area contributed by atoms with Crippen molar-refractivity contribution in [3.8, 4) is 0 Å². The number of carbonyl (C=O) groups excluding carboxylic acids is 3. The molecular formula is C21H28N4O3. The molecule has 0 aromatic heterocycles. The Bertz CT molecular complexity index is 777. The summed E-state index contributed by atoms with van der Waals surface area (Å²) in [6, 6.07) is 7.50. The molecule has 1 fully saturated rings. The lowest BCUT2D eigenvalue weighted by molar-refractivity contribution is -0.137. The Labute approximate surface area is 165 Å². The van der Waals surface area contributed by atoms with Crippen molar-refractivity contribution >= 4 is 23.8 Å². The molecular weight excluding hydrogens is 356 g/mol. The maximum atomic E-state index is 13.0. The van der Waals surface area contributed by atoms with Gasteiger partial charge in [0.15, 0.2) is 0 Å². The summed E-state index contributed by atoms with van der Waals surface area (Å²) in [7, 11) is 0. The highest BCUT2D eigenvalue weighted by atomic mass is 16.2. The van der Waals surface area contributed by atoms with Gasteiger partial charge in [-0.25, -0.2) is 0 Å². The Morgan fingerprint density at radius 1 is 1.25 bits per heavy atom. The Morgan fingerprint density at radius 3 is 2.79 bits per heavy atom. The molecule has 2 unspecified atom stereocenters. The predicted octanol–water partition coefficient (Wildman–Crippen LogP) is 1.26. The first-order valence-corrected chi connectivity index (χ1v) is 9.83. The van der Waals surface area contributed by atoms with E-state index in [9.17, 15) is 14.4 Å². The third-order valence-electron chi connectivity index (χ3n) is 5.43. The number of piperidine rings is 1. The van der Waals surface area contributed by atoms with Crippen molar-refractivity contribution in [2.24, 2.45) is 11.7 Å². The van der Waals surface area contributed by atoms with Crippen LogP contribution in [0.15, 0.2) is 30.5 Å². The normalized spacial score (nSPS) is 21.2. The molecule has 0 radical (unpaired) electrons. The van der Waals surface area contributed by atoms with E-state index < -0.39 is 0 Å². The molecule has 1 aromatic rings. The number of hydrogen-bond acceptors (Lipinski definition) is 4. The molecule has 3 rings (SSSR count). The van der Waals surface area contributed by atoms with E-state index in [-0.39, 0.29) is 36.1 Å². The number of benzene rings is 1. The van der Waals surface area contributed by atoms with Crippen LogP contribution < -0.4 is 11.1 Å². The van der Waals surface area contributed by atoms with Crippen LogP contribution in [0, 0.1) is 5.92 Å². The van der Waals surface area contributed by atoms with Gasteiger partial charge in [0.1, 0.15) is 0 Å². The van der Waals surface area contributed by atoms with Crippen molar-refractivity contribution in [2.45, 2.75) is 32.2 Å². The molecule has 7 nitrogen and oxygen atoms in total. The molecule has 0 bridgehead atoms. The fourth-order valence-corrected chi connectivity index (χ4v) is 3.97. The number of nitrogens with two attached hydrogens (primary N) is 1. The largest absolute Gasteiger partial charge is 0.355 e. The fraction of sp³-hybridized carbons (Fsp3) is 0.476. The summed E-state index contributed by atoms with van der Waals surface area (Å²) in [5.74, 6) is -0.370. The summed E-state index contributed by atoms with van der Waals surface area (Å²) < 4.78 is 0. The number of hydrogen-bond donors (Lipinski definition) is 2. The molecule has 2 aliphatic heterocycles. The van der Waals surface area contributed by atoms with Gasteiger partial charge in [-0.05, 0) is 30.0 Å². The second-order valence-corrected chi connectivity index (χ2v) is 7.35. The number of likely N-dealkylation sites (tertiary alicyclic amines) is 1. The Morgan fingerprint density at radius 2 is 2.04 bits per heavy atom. The molecule has 2 heterocycles. The zero-order chi connectivity index (χ0) is 20.1. The summed E-state index contributed by atoms with van der Waals surface area (Å²) in [4.78, 5) is 40.8. The van der Waals surface area contributed by atoms with Crippen molar-refractivity contribution < 1.29 is 14.4 Å². The average molecular weight is 384 g/mol. The fourth-order valence-electron chi connectivity index (χ4n) is 3.97. The van der Waals surface area contributed by atoms with E-state index in [1.807, 2.05) is 30.3 Å². The summed E-state index contributed by atoms with van der Waals surface area (Å²) in [6.07, 6.45) is 5.43. The van der Waals surface area contributed by atoms with Crippen LogP contribution >= 0.6 is 0 Å². The van der Waals surface area contributed by atoms with Crippen molar-refractivity contribution in [1.82, 2.24) is 15.1 Å². The minimum absolute atomic E-state index is 0.0299. The Kier molecular flexibility index (Phi) is 6.46. The molecule has 1 saturated heterocycles. The van der Waals surface area contributed by atoms with Crippen LogP contribution in [0.1, 0.15) is 43.4 Å². The van der Waals surface area contributed by atoms with Crippen LogP contribution in [0.5, 0.6) is 0 Å². The highest BCUT2D eigenvalue weighted by Crippen LogP contribution is 2.33. The minimum atomic E-state index is -0.322. The number of rotatable bonds is 5. The van der Waals surface area contributed by atoms with E-state index in [1.54, 1.807) is 16.0 Å². The van der Waals surface area contributed by atoms with Crippen molar-refractivity contribution in [3.05, 3.63) is 41.6 Å². The molecule has 150 valence electrons. The molecule has 3 N–H and O–H groups in total. The summed E-state index contributed by atoms with van der Waals surface area (Å²) in [5.41, 5.74) is 7.44. The Balaban J connectivity index is 1.71. The first kappa shape index (κ1) is 20.1.